The zero-order chi connectivity index (χ0) is 14.1. The van der Waals surface area contributed by atoms with Gasteiger partial charge in [0.25, 0.3) is 5.43 Å². The molecule has 3 aromatic rings. The Balaban J connectivity index is 2.02. The Morgan fingerprint density at radius 3 is 2.30 bits per heavy atom. The van der Waals surface area contributed by atoms with E-state index < -0.39 is 16.7 Å². The van der Waals surface area contributed by atoms with Crippen LogP contribution in [0.4, 0.5) is 15.8 Å². The van der Waals surface area contributed by atoms with Crippen LogP contribution in [0.3, 0.4) is 0 Å². The molecule has 0 atom stereocenters. The molecule has 0 bridgehead atoms. The van der Waals surface area contributed by atoms with Crippen molar-refractivity contribution >= 4 is 11.4 Å². The van der Waals surface area contributed by atoms with Gasteiger partial charge in [0.1, 0.15) is 11.5 Å². The van der Waals surface area contributed by atoms with Crippen molar-refractivity contribution in [1.82, 2.24) is 0 Å². The lowest BCUT2D eigenvalue weighted by Crippen LogP contribution is -2.35. The maximum Gasteiger partial charge on any atom is 0.250 e. The van der Waals surface area contributed by atoms with Gasteiger partial charge in [-0.15, -0.1) is 0 Å². The lowest BCUT2D eigenvalue weighted by atomic mass is 9.98. The van der Waals surface area contributed by atoms with Gasteiger partial charge in [-0.3, -0.25) is 9.59 Å². The van der Waals surface area contributed by atoms with Crippen molar-refractivity contribution in [2.45, 2.75) is 0 Å². The Morgan fingerprint density at radius 2 is 1.60 bits per heavy atom. The van der Waals surface area contributed by atoms with Crippen LogP contribution in [0.25, 0.3) is 11.1 Å². The largest absolute Gasteiger partial charge is 0.352 e. The summed E-state index contributed by atoms with van der Waals surface area (Å²) in [5, 5.41) is 2.82. The van der Waals surface area contributed by atoms with Gasteiger partial charge in [-0.1, -0.05) is 36.4 Å². The van der Waals surface area contributed by atoms with Crippen molar-refractivity contribution in [2.75, 3.05) is 5.32 Å². The number of hydrogen-bond acceptors (Lipinski definition) is 3. The zero-order valence-corrected chi connectivity index (χ0v) is 10.4. The molecule has 0 fully saturated rings. The van der Waals surface area contributed by atoms with Gasteiger partial charge in [0.05, 0.1) is 5.56 Å². The van der Waals surface area contributed by atoms with Crippen LogP contribution >= 0.6 is 0 Å². The van der Waals surface area contributed by atoms with Crippen molar-refractivity contribution < 1.29 is 4.39 Å². The predicted molar refractivity (Wildman–Crippen MR) is 76.5 cm³/mol. The monoisotopic (exact) mass is 267 g/mol. The molecule has 3 aromatic carbocycles. The summed E-state index contributed by atoms with van der Waals surface area (Å²) in [6.07, 6.45) is 0. The molecule has 0 amide bonds. The molecule has 4 heteroatoms. The normalized spacial score (nSPS) is 10.7. The molecule has 0 aliphatic heterocycles. The maximum absolute atomic E-state index is 13.1. The van der Waals surface area contributed by atoms with Crippen LogP contribution in [-0.4, -0.2) is 0 Å². The van der Waals surface area contributed by atoms with E-state index in [0.717, 1.165) is 0 Å². The molecule has 0 saturated carbocycles. The van der Waals surface area contributed by atoms with E-state index in [4.69, 9.17) is 0 Å². The summed E-state index contributed by atoms with van der Waals surface area (Å²) in [4.78, 5) is 23.4. The van der Waals surface area contributed by atoms with Crippen LogP contribution in [0.5, 0.6) is 0 Å². The van der Waals surface area contributed by atoms with E-state index in [2.05, 4.69) is 5.32 Å². The Kier molecular flexibility index (Phi) is 2.91. The number of hydrogen-bond donors (Lipinski definition) is 1. The Labute approximate surface area is 114 Å². The highest BCUT2D eigenvalue weighted by Crippen LogP contribution is 2.26. The van der Waals surface area contributed by atoms with E-state index in [-0.39, 0.29) is 5.69 Å². The van der Waals surface area contributed by atoms with Crippen molar-refractivity contribution in [3.05, 3.63) is 80.9 Å². The lowest BCUT2D eigenvalue weighted by Gasteiger charge is -2.13. The number of benzene rings is 2. The second kappa shape index (κ2) is 4.74. The van der Waals surface area contributed by atoms with E-state index >= 15 is 0 Å². The molecule has 0 radical (unpaired) electrons. The fourth-order valence-corrected chi connectivity index (χ4v) is 2.10. The lowest BCUT2D eigenvalue weighted by molar-refractivity contribution is 0.628. The topological polar surface area (TPSA) is 46.2 Å². The summed E-state index contributed by atoms with van der Waals surface area (Å²) in [7, 11) is 0. The summed E-state index contributed by atoms with van der Waals surface area (Å²) >= 11 is 0. The minimum absolute atomic E-state index is 0.215. The third-order valence-electron chi connectivity index (χ3n) is 3.07. The second-order valence-corrected chi connectivity index (χ2v) is 4.41. The Bertz CT molecular complexity index is 833. The molecule has 1 N–H and O–H groups in total. The molecular weight excluding hydrogens is 257 g/mol. The van der Waals surface area contributed by atoms with Crippen LogP contribution in [0.15, 0.2) is 64.2 Å². The third-order valence-corrected chi connectivity index (χ3v) is 3.07. The molecule has 98 valence electrons. The molecular formula is C16H10FNO2. The fraction of sp³-hybridized carbons (Fsp3) is 0. The van der Waals surface area contributed by atoms with Gasteiger partial charge in [-0.2, -0.15) is 0 Å². The van der Waals surface area contributed by atoms with E-state index in [1.165, 1.54) is 18.2 Å². The van der Waals surface area contributed by atoms with Gasteiger partial charge < -0.3 is 5.32 Å². The molecule has 0 aliphatic rings. The quantitative estimate of drug-likeness (QED) is 0.742. The van der Waals surface area contributed by atoms with Gasteiger partial charge in [0.15, 0.2) is 0 Å². The maximum atomic E-state index is 13.1. The van der Waals surface area contributed by atoms with Crippen molar-refractivity contribution in [2.24, 2.45) is 0 Å². The number of anilines is 2. The smallest absolute Gasteiger partial charge is 0.250 e. The molecule has 3 rings (SSSR count). The van der Waals surface area contributed by atoms with Crippen LogP contribution in [0.2, 0.25) is 0 Å². The first-order valence-corrected chi connectivity index (χ1v) is 6.08. The molecule has 3 nitrogen and oxygen atoms in total. The number of nitrogens with one attached hydrogen (secondary N) is 1. The first-order chi connectivity index (χ1) is 9.66. The molecule has 0 spiro atoms. The summed E-state index contributed by atoms with van der Waals surface area (Å²) in [6.45, 7) is 0. The second-order valence-electron chi connectivity index (χ2n) is 4.41. The van der Waals surface area contributed by atoms with Crippen molar-refractivity contribution in [1.29, 1.82) is 0 Å². The predicted octanol–water partition coefficient (Wildman–Crippen LogP) is 2.83. The summed E-state index contributed by atoms with van der Waals surface area (Å²) in [5.41, 5.74) is 0.583. The number of rotatable bonds is 3. The van der Waals surface area contributed by atoms with Gasteiger partial charge in [-0.05, 0) is 23.8 Å². The Hall–Kier alpha value is -2.75. The summed E-state index contributed by atoms with van der Waals surface area (Å²) < 4.78 is 13.1. The van der Waals surface area contributed by atoms with Crippen molar-refractivity contribution in [3.63, 3.8) is 0 Å². The molecule has 0 saturated heterocycles. The van der Waals surface area contributed by atoms with Crippen molar-refractivity contribution in [3.8, 4) is 11.1 Å². The highest BCUT2D eigenvalue weighted by molar-refractivity contribution is 5.84. The van der Waals surface area contributed by atoms with E-state index in [9.17, 15) is 14.0 Å². The minimum atomic E-state index is -0.576. The summed E-state index contributed by atoms with van der Waals surface area (Å²) in [5.74, 6) is -0.407. The Morgan fingerprint density at radius 1 is 0.850 bits per heavy atom. The molecule has 0 unspecified atom stereocenters. The van der Waals surface area contributed by atoms with Gasteiger partial charge in [0.2, 0.25) is 5.43 Å². The first kappa shape index (κ1) is 12.3. The fourth-order valence-electron chi connectivity index (χ4n) is 2.10. The first-order valence-electron chi connectivity index (χ1n) is 6.08. The van der Waals surface area contributed by atoms with Crippen LogP contribution in [-0.2, 0) is 0 Å². The van der Waals surface area contributed by atoms with Crippen LogP contribution in [0.1, 0.15) is 0 Å². The average molecular weight is 267 g/mol. The van der Waals surface area contributed by atoms with Gasteiger partial charge in [-0.25, -0.2) is 4.39 Å². The summed E-state index contributed by atoms with van der Waals surface area (Å²) in [6, 6.07) is 14.7. The van der Waals surface area contributed by atoms with E-state index in [1.807, 2.05) is 6.07 Å². The number of halogens is 1. The van der Waals surface area contributed by atoms with Crippen LogP contribution < -0.4 is 16.2 Å². The van der Waals surface area contributed by atoms with Gasteiger partial charge >= 0.3 is 0 Å². The zero-order valence-electron chi connectivity index (χ0n) is 10.4. The van der Waals surface area contributed by atoms with E-state index in [0.29, 0.717) is 16.8 Å². The average Bonchev–Trinajstić information content (AvgIpc) is 2.47. The van der Waals surface area contributed by atoms with E-state index in [1.54, 1.807) is 30.3 Å². The van der Waals surface area contributed by atoms with Gasteiger partial charge in [0, 0.05) is 5.69 Å². The highest BCUT2D eigenvalue weighted by atomic mass is 19.1. The van der Waals surface area contributed by atoms with Crippen LogP contribution in [0, 0.1) is 5.82 Å². The molecule has 20 heavy (non-hydrogen) atoms. The SMILES string of the molecule is O=c1c(Nc2cccc(F)c2)c(-c2ccccc2)c1=O. The minimum Gasteiger partial charge on any atom is -0.352 e. The molecule has 0 heterocycles. The standard InChI is InChI=1S/C16H10FNO2/c17-11-7-4-8-12(9-11)18-14-13(15(19)16(14)20)10-5-2-1-3-6-10/h1-9,18H. The highest BCUT2D eigenvalue weighted by Gasteiger charge is 2.22. The third kappa shape index (κ3) is 2.01. The molecule has 0 aliphatic carbocycles. The molecule has 0 aromatic heterocycles.